The van der Waals surface area contributed by atoms with Crippen molar-refractivity contribution in [1.29, 1.82) is 0 Å². The molecule has 1 amide bonds. The van der Waals surface area contributed by atoms with E-state index in [9.17, 15) is 9.90 Å². The van der Waals surface area contributed by atoms with Crippen molar-refractivity contribution in [3.05, 3.63) is 48.5 Å². The van der Waals surface area contributed by atoms with Crippen molar-refractivity contribution in [2.75, 3.05) is 13.7 Å². The van der Waals surface area contributed by atoms with Crippen LogP contribution < -0.4 is 0 Å². The largest absolute Gasteiger partial charge is 0.396 e. The second-order valence-electron chi connectivity index (χ2n) is 4.94. The van der Waals surface area contributed by atoms with Crippen molar-refractivity contribution >= 4 is 5.91 Å². The molecule has 2 unspecified atom stereocenters. The molecule has 6 nitrogen and oxygen atoms in total. The molecule has 0 bridgehead atoms. The van der Waals surface area contributed by atoms with Crippen molar-refractivity contribution in [3.63, 3.8) is 0 Å². The zero-order chi connectivity index (χ0) is 15.2. The molecule has 21 heavy (non-hydrogen) atoms. The van der Waals surface area contributed by atoms with Gasteiger partial charge in [-0.1, -0.05) is 30.3 Å². The maximum atomic E-state index is 12.6. The molecule has 0 saturated carbocycles. The summed E-state index contributed by atoms with van der Waals surface area (Å²) in [5.74, 6) is -0.0668. The van der Waals surface area contributed by atoms with E-state index in [1.807, 2.05) is 30.3 Å². The fourth-order valence-electron chi connectivity index (χ4n) is 2.36. The number of amides is 1. The maximum Gasteiger partial charge on any atom is 0.247 e. The number of aromatic nitrogens is 3. The van der Waals surface area contributed by atoms with Crippen molar-refractivity contribution in [2.45, 2.75) is 25.4 Å². The first-order valence-corrected chi connectivity index (χ1v) is 6.91. The van der Waals surface area contributed by atoms with Gasteiger partial charge >= 0.3 is 0 Å². The fourth-order valence-corrected chi connectivity index (χ4v) is 2.36. The molecule has 2 rings (SSSR count). The third-order valence-electron chi connectivity index (χ3n) is 3.59. The number of aliphatic hydroxyl groups excluding tert-OH is 1. The third-order valence-corrected chi connectivity index (χ3v) is 3.59. The van der Waals surface area contributed by atoms with Crippen LogP contribution in [-0.2, 0) is 4.79 Å². The SMILES string of the molecule is CC(C(=O)N(C)C(CCO)c1ccccc1)n1cncn1. The van der Waals surface area contributed by atoms with E-state index in [0.717, 1.165) is 5.56 Å². The molecule has 0 saturated heterocycles. The quantitative estimate of drug-likeness (QED) is 0.872. The molecule has 6 heteroatoms. The van der Waals surface area contributed by atoms with Crippen LogP contribution in [0.4, 0.5) is 0 Å². The lowest BCUT2D eigenvalue weighted by Gasteiger charge is -2.30. The maximum absolute atomic E-state index is 12.6. The molecule has 1 N–H and O–H groups in total. The zero-order valence-electron chi connectivity index (χ0n) is 12.3. The average molecular weight is 288 g/mol. The van der Waals surface area contributed by atoms with E-state index in [1.165, 1.54) is 17.3 Å². The van der Waals surface area contributed by atoms with Gasteiger partial charge in [0, 0.05) is 13.7 Å². The predicted molar refractivity (Wildman–Crippen MR) is 78.4 cm³/mol. The second-order valence-corrected chi connectivity index (χ2v) is 4.94. The van der Waals surface area contributed by atoms with E-state index in [0.29, 0.717) is 6.42 Å². The van der Waals surface area contributed by atoms with Crippen LogP contribution in [0.3, 0.4) is 0 Å². The number of carbonyl (C=O) groups excluding carboxylic acids is 1. The lowest BCUT2D eigenvalue weighted by molar-refractivity contribution is -0.135. The summed E-state index contributed by atoms with van der Waals surface area (Å²) < 4.78 is 1.53. The number of aliphatic hydroxyl groups is 1. The smallest absolute Gasteiger partial charge is 0.247 e. The van der Waals surface area contributed by atoms with Gasteiger partial charge in [0.05, 0.1) is 6.04 Å². The summed E-state index contributed by atoms with van der Waals surface area (Å²) in [4.78, 5) is 18.1. The number of rotatable bonds is 6. The summed E-state index contributed by atoms with van der Waals surface area (Å²) in [5, 5.41) is 13.3. The Labute approximate surface area is 124 Å². The van der Waals surface area contributed by atoms with Crippen molar-refractivity contribution in [1.82, 2.24) is 19.7 Å². The Balaban J connectivity index is 2.18. The van der Waals surface area contributed by atoms with Gasteiger partial charge in [-0.3, -0.25) is 4.79 Å². The first-order chi connectivity index (χ1) is 10.1. The van der Waals surface area contributed by atoms with Crippen molar-refractivity contribution in [3.8, 4) is 0 Å². The molecule has 1 aromatic carbocycles. The van der Waals surface area contributed by atoms with Gasteiger partial charge in [0.25, 0.3) is 0 Å². The Morgan fingerprint density at radius 1 is 1.38 bits per heavy atom. The molecule has 2 aromatic rings. The Morgan fingerprint density at radius 2 is 2.10 bits per heavy atom. The van der Waals surface area contributed by atoms with Gasteiger partial charge in [-0.05, 0) is 18.9 Å². The Hall–Kier alpha value is -2.21. The van der Waals surface area contributed by atoms with E-state index in [2.05, 4.69) is 10.1 Å². The summed E-state index contributed by atoms with van der Waals surface area (Å²) in [6, 6.07) is 9.13. The standard InChI is InChI=1S/C15H20N4O2/c1-12(19-11-16-10-17-19)15(21)18(2)14(8-9-20)13-6-4-3-5-7-13/h3-7,10-12,14,20H,8-9H2,1-2H3. The van der Waals surface area contributed by atoms with Crippen LogP contribution in [0.25, 0.3) is 0 Å². The average Bonchev–Trinajstić information content (AvgIpc) is 3.05. The Kier molecular flexibility index (Phi) is 5.05. The van der Waals surface area contributed by atoms with E-state index in [1.54, 1.807) is 18.9 Å². The lowest BCUT2D eigenvalue weighted by Crippen LogP contribution is -2.36. The number of carbonyl (C=O) groups is 1. The Bertz CT molecular complexity index is 556. The van der Waals surface area contributed by atoms with Crippen molar-refractivity contribution in [2.24, 2.45) is 0 Å². The number of likely N-dealkylation sites (N-methyl/N-ethyl adjacent to an activating group) is 1. The van der Waals surface area contributed by atoms with Gasteiger partial charge in [-0.15, -0.1) is 0 Å². The first kappa shape index (κ1) is 15.2. The minimum absolute atomic E-state index is 0.0227. The number of hydrogen-bond donors (Lipinski definition) is 1. The molecule has 112 valence electrons. The molecular weight excluding hydrogens is 268 g/mol. The highest BCUT2D eigenvalue weighted by Crippen LogP contribution is 2.24. The molecule has 2 atom stereocenters. The highest BCUT2D eigenvalue weighted by molar-refractivity contribution is 5.80. The second kappa shape index (κ2) is 6.99. The number of nitrogens with zero attached hydrogens (tertiary/aromatic N) is 4. The van der Waals surface area contributed by atoms with Crippen LogP contribution in [0.2, 0.25) is 0 Å². The minimum Gasteiger partial charge on any atom is -0.396 e. The van der Waals surface area contributed by atoms with E-state index in [4.69, 9.17) is 0 Å². The summed E-state index contributed by atoms with van der Waals surface area (Å²) in [6.07, 6.45) is 3.43. The van der Waals surface area contributed by atoms with Gasteiger partial charge in [-0.2, -0.15) is 5.10 Å². The van der Waals surface area contributed by atoms with Gasteiger partial charge in [0.2, 0.25) is 5.91 Å². The fraction of sp³-hybridized carbons (Fsp3) is 0.400. The van der Waals surface area contributed by atoms with Crippen LogP contribution in [0.1, 0.15) is 31.0 Å². The van der Waals surface area contributed by atoms with E-state index < -0.39 is 6.04 Å². The molecular formula is C15H20N4O2. The summed E-state index contributed by atoms with van der Waals surface area (Å²) in [7, 11) is 1.75. The van der Waals surface area contributed by atoms with Gasteiger partial charge in [0.1, 0.15) is 18.7 Å². The first-order valence-electron chi connectivity index (χ1n) is 6.91. The van der Waals surface area contributed by atoms with Gasteiger partial charge in [0.15, 0.2) is 0 Å². The molecule has 0 aliphatic rings. The summed E-state index contributed by atoms with van der Waals surface area (Å²) in [5.41, 5.74) is 1.01. The van der Waals surface area contributed by atoms with Crippen LogP contribution in [0.15, 0.2) is 43.0 Å². The van der Waals surface area contributed by atoms with Crippen LogP contribution >= 0.6 is 0 Å². The van der Waals surface area contributed by atoms with Crippen LogP contribution in [-0.4, -0.2) is 44.3 Å². The molecule has 0 aliphatic heterocycles. The normalized spacial score (nSPS) is 13.7. The number of benzene rings is 1. The molecule has 0 fully saturated rings. The zero-order valence-corrected chi connectivity index (χ0v) is 12.3. The molecule has 1 heterocycles. The topological polar surface area (TPSA) is 71.2 Å². The minimum atomic E-state index is -0.428. The van der Waals surface area contributed by atoms with Crippen LogP contribution in [0.5, 0.6) is 0 Å². The Morgan fingerprint density at radius 3 is 2.67 bits per heavy atom. The van der Waals surface area contributed by atoms with Gasteiger partial charge in [-0.25, -0.2) is 9.67 Å². The third kappa shape index (κ3) is 3.46. The summed E-state index contributed by atoms with van der Waals surface area (Å²) >= 11 is 0. The van der Waals surface area contributed by atoms with Gasteiger partial charge < -0.3 is 10.0 Å². The van der Waals surface area contributed by atoms with Crippen LogP contribution in [0, 0.1) is 0 Å². The highest BCUT2D eigenvalue weighted by Gasteiger charge is 2.26. The van der Waals surface area contributed by atoms with E-state index in [-0.39, 0.29) is 18.6 Å². The highest BCUT2D eigenvalue weighted by atomic mass is 16.3. The molecule has 1 aromatic heterocycles. The predicted octanol–water partition coefficient (Wildman–Crippen LogP) is 1.42. The number of hydrogen-bond acceptors (Lipinski definition) is 4. The monoisotopic (exact) mass is 288 g/mol. The summed E-state index contributed by atoms with van der Waals surface area (Å²) in [6.45, 7) is 1.81. The molecule has 0 spiro atoms. The molecule has 0 radical (unpaired) electrons. The van der Waals surface area contributed by atoms with E-state index >= 15 is 0 Å². The molecule has 0 aliphatic carbocycles. The lowest BCUT2D eigenvalue weighted by atomic mass is 10.0. The van der Waals surface area contributed by atoms with Crippen molar-refractivity contribution < 1.29 is 9.90 Å².